The van der Waals surface area contributed by atoms with Crippen LogP contribution >= 0.6 is 0 Å². The van der Waals surface area contributed by atoms with Gasteiger partial charge < -0.3 is 9.64 Å². The van der Waals surface area contributed by atoms with Crippen LogP contribution in [0.15, 0.2) is 54.1 Å². The summed E-state index contributed by atoms with van der Waals surface area (Å²) < 4.78 is 5.11. The molecule has 0 aliphatic carbocycles. The molecule has 0 aromatic heterocycles. The van der Waals surface area contributed by atoms with E-state index in [2.05, 4.69) is 19.9 Å². The summed E-state index contributed by atoms with van der Waals surface area (Å²) in [4.78, 5) is 26.4. The summed E-state index contributed by atoms with van der Waals surface area (Å²) in [5.74, 6) is -0.640. The second kappa shape index (κ2) is 9.20. The monoisotopic (exact) mass is 388 g/mol. The minimum Gasteiger partial charge on any atom is -0.451 e. The Balaban J connectivity index is 1.59. The molecule has 148 valence electrons. The van der Waals surface area contributed by atoms with Crippen molar-refractivity contribution in [3.8, 4) is 6.07 Å². The van der Waals surface area contributed by atoms with E-state index in [-0.39, 0.29) is 18.1 Å². The Morgan fingerprint density at radius 2 is 1.83 bits per heavy atom. The number of amides is 1. The normalized spacial score (nSPS) is 13.6. The Bertz CT molecular complexity index is 968. The van der Waals surface area contributed by atoms with Crippen LogP contribution in [0.25, 0.3) is 6.08 Å². The largest absolute Gasteiger partial charge is 0.451 e. The van der Waals surface area contributed by atoms with Crippen LogP contribution in [0, 0.1) is 11.3 Å². The molecule has 1 amide bonds. The number of nitrogens with zero attached hydrogens (tertiary/aromatic N) is 2. The number of rotatable bonds is 5. The zero-order chi connectivity index (χ0) is 20.8. The van der Waals surface area contributed by atoms with E-state index in [9.17, 15) is 14.9 Å². The molecule has 1 aliphatic heterocycles. The third-order valence-corrected chi connectivity index (χ3v) is 5.06. The van der Waals surface area contributed by atoms with Crippen molar-refractivity contribution in [2.24, 2.45) is 0 Å². The number of nitriles is 1. The summed E-state index contributed by atoms with van der Waals surface area (Å²) in [5.41, 5.74) is 4.14. The molecule has 0 radical (unpaired) electrons. The van der Waals surface area contributed by atoms with Crippen LogP contribution in [-0.4, -0.2) is 29.9 Å². The van der Waals surface area contributed by atoms with Gasteiger partial charge in [0.05, 0.1) is 0 Å². The number of ether oxygens (including phenoxy) is 1. The van der Waals surface area contributed by atoms with Gasteiger partial charge in [-0.25, -0.2) is 4.79 Å². The zero-order valence-corrected chi connectivity index (χ0v) is 16.7. The van der Waals surface area contributed by atoms with Crippen molar-refractivity contribution in [3.63, 3.8) is 0 Å². The Morgan fingerprint density at radius 1 is 1.14 bits per heavy atom. The minimum atomic E-state index is -0.786. The van der Waals surface area contributed by atoms with Gasteiger partial charge in [0.2, 0.25) is 0 Å². The maximum atomic E-state index is 12.4. The van der Waals surface area contributed by atoms with Crippen molar-refractivity contribution >= 4 is 18.0 Å². The molecule has 2 aromatic rings. The predicted octanol–water partition coefficient (Wildman–Crippen LogP) is 3.85. The first-order valence-electron chi connectivity index (χ1n) is 9.71. The van der Waals surface area contributed by atoms with Crippen LogP contribution < -0.4 is 0 Å². The average molecular weight is 388 g/mol. The van der Waals surface area contributed by atoms with Crippen LogP contribution in [0.2, 0.25) is 0 Å². The number of hydrogen-bond donors (Lipinski definition) is 0. The molecule has 5 nitrogen and oxygen atoms in total. The van der Waals surface area contributed by atoms with E-state index < -0.39 is 5.97 Å². The molecule has 0 fully saturated rings. The molecule has 0 spiro atoms. The minimum absolute atomic E-state index is 0.126. The van der Waals surface area contributed by atoms with E-state index in [1.54, 1.807) is 4.90 Å². The quantitative estimate of drug-likeness (QED) is 0.443. The van der Waals surface area contributed by atoms with Gasteiger partial charge in [-0.3, -0.25) is 4.79 Å². The molecule has 0 saturated carbocycles. The third-order valence-electron chi connectivity index (χ3n) is 5.06. The van der Waals surface area contributed by atoms with Gasteiger partial charge >= 0.3 is 5.97 Å². The molecular formula is C24H24N2O3. The first-order valence-corrected chi connectivity index (χ1v) is 9.71. The van der Waals surface area contributed by atoms with Crippen LogP contribution in [0.1, 0.15) is 42.0 Å². The van der Waals surface area contributed by atoms with Crippen molar-refractivity contribution in [1.29, 1.82) is 5.26 Å². The molecule has 29 heavy (non-hydrogen) atoms. The molecule has 0 N–H and O–H groups in total. The molecule has 3 rings (SSSR count). The third kappa shape index (κ3) is 5.11. The smallest absolute Gasteiger partial charge is 0.349 e. The summed E-state index contributed by atoms with van der Waals surface area (Å²) in [6.07, 6.45) is 2.26. The summed E-state index contributed by atoms with van der Waals surface area (Å²) in [7, 11) is 0. The maximum Gasteiger partial charge on any atom is 0.349 e. The molecular weight excluding hydrogens is 364 g/mol. The Labute approximate surface area is 171 Å². The van der Waals surface area contributed by atoms with Gasteiger partial charge in [0, 0.05) is 13.1 Å². The fraction of sp³-hybridized carbons (Fsp3) is 0.292. The first-order chi connectivity index (χ1) is 14.0. The summed E-state index contributed by atoms with van der Waals surface area (Å²) >= 11 is 0. The molecule has 5 heteroatoms. The van der Waals surface area contributed by atoms with E-state index in [0.29, 0.717) is 19.0 Å². The number of benzene rings is 2. The number of esters is 1. The molecule has 0 atom stereocenters. The van der Waals surface area contributed by atoms with Gasteiger partial charge in [-0.1, -0.05) is 62.4 Å². The van der Waals surface area contributed by atoms with E-state index >= 15 is 0 Å². The molecule has 0 saturated heterocycles. The van der Waals surface area contributed by atoms with Gasteiger partial charge in [0.15, 0.2) is 6.61 Å². The highest BCUT2D eigenvalue weighted by atomic mass is 16.5. The van der Waals surface area contributed by atoms with Gasteiger partial charge in [-0.2, -0.15) is 5.26 Å². The topological polar surface area (TPSA) is 70.4 Å². The van der Waals surface area contributed by atoms with Gasteiger partial charge in [0.25, 0.3) is 5.91 Å². The van der Waals surface area contributed by atoms with Crippen LogP contribution in [-0.2, 0) is 27.3 Å². The van der Waals surface area contributed by atoms with Crippen molar-refractivity contribution in [1.82, 2.24) is 4.90 Å². The van der Waals surface area contributed by atoms with E-state index in [4.69, 9.17) is 4.74 Å². The Kier molecular flexibility index (Phi) is 6.46. The molecule has 0 bridgehead atoms. The average Bonchev–Trinajstić information content (AvgIpc) is 2.75. The predicted molar refractivity (Wildman–Crippen MR) is 111 cm³/mol. The van der Waals surface area contributed by atoms with Gasteiger partial charge in [-0.05, 0) is 40.7 Å². The lowest BCUT2D eigenvalue weighted by Gasteiger charge is -2.28. The van der Waals surface area contributed by atoms with Crippen molar-refractivity contribution in [2.45, 2.75) is 32.7 Å². The highest BCUT2D eigenvalue weighted by Gasteiger charge is 2.22. The van der Waals surface area contributed by atoms with E-state index in [0.717, 1.165) is 17.5 Å². The van der Waals surface area contributed by atoms with Gasteiger partial charge in [0.1, 0.15) is 11.6 Å². The lowest BCUT2D eigenvalue weighted by molar-refractivity contribution is -0.149. The summed E-state index contributed by atoms with van der Waals surface area (Å²) in [6.45, 7) is 4.93. The lowest BCUT2D eigenvalue weighted by Crippen LogP contribution is -2.38. The second-order valence-corrected chi connectivity index (χ2v) is 7.40. The van der Waals surface area contributed by atoms with Crippen molar-refractivity contribution in [3.05, 3.63) is 76.4 Å². The second-order valence-electron chi connectivity index (χ2n) is 7.40. The number of fused-ring (bicyclic) bond motifs is 1. The molecule has 1 heterocycles. The summed E-state index contributed by atoms with van der Waals surface area (Å²) in [6, 6.07) is 17.5. The summed E-state index contributed by atoms with van der Waals surface area (Å²) in [5, 5.41) is 9.31. The van der Waals surface area contributed by atoms with Crippen molar-refractivity contribution < 1.29 is 14.3 Å². The molecule has 2 aromatic carbocycles. The van der Waals surface area contributed by atoms with Crippen LogP contribution in [0.3, 0.4) is 0 Å². The first kappa shape index (κ1) is 20.3. The number of carbonyl (C=O) groups is 2. The number of carbonyl (C=O) groups excluding carboxylic acids is 2. The van der Waals surface area contributed by atoms with Crippen molar-refractivity contribution in [2.75, 3.05) is 13.2 Å². The Morgan fingerprint density at radius 3 is 2.48 bits per heavy atom. The SMILES string of the molecule is CC(C)c1ccc(/C=C(\C#N)C(=O)OCC(=O)N2CCc3ccccc3C2)cc1. The highest BCUT2D eigenvalue weighted by Crippen LogP contribution is 2.19. The highest BCUT2D eigenvalue weighted by molar-refractivity contribution is 5.98. The van der Waals surface area contributed by atoms with E-state index in [1.165, 1.54) is 17.2 Å². The van der Waals surface area contributed by atoms with Crippen LogP contribution in [0.5, 0.6) is 0 Å². The van der Waals surface area contributed by atoms with Gasteiger partial charge in [-0.15, -0.1) is 0 Å². The fourth-order valence-corrected chi connectivity index (χ4v) is 3.29. The molecule has 0 unspecified atom stereocenters. The standard InChI is InChI=1S/C24H24N2O3/c1-17(2)19-9-7-18(8-10-19)13-22(14-25)24(28)29-16-23(27)26-12-11-20-5-3-4-6-21(20)15-26/h3-10,13,17H,11-12,15-16H2,1-2H3/b22-13+. The lowest BCUT2D eigenvalue weighted by atomic mass is 10.00. The maximum absolute atomic E-state index is 12.4. The molecule has 1 aliphatic rings. The zero-order valence-electron chi connectivity index (χ0n) is 16.7. The Hall–Kier alpha value is -3.39. The van der Waals surface area contributed by atoms with Crippen LogP contribution in [0.4, 0.5) is 0 Å². The van der Waals surface area contributed by atoms with E-state index in [1.807, 2.05) is 48.5 Å². The number of hydrogen-bond acceptors (Lipinski definition) is 4. The fourth-order valence-electron chi connectivity index (χ4n) is 3.29.